The van der Waals surface area contributed by atoms with Gasteiger partial charge in [0.05, 0.1) is 22.6 Å². The Morgan fingerprint density at radius 3 is 2.72 bits per heavy atom. The van der Waals surface area contributed by atoms with Gasteiger partial charge in [-0.25, -0.2) is 4.98 Å². The van der Waals surface area contributed by atoms with Crippen LogP contribution in [-0.2, 0) is 30.7 Å². The molecule has 0 atom stereocenters. The number of benzene rings is 1. The molecule has 1 aromatic carbocycles. The van der Waals surface area contributed by atoms with E-state index in [4.69, 9.17) is 28.2 Å². The molecule has 0 saturated heterocycles. The van der Waals surface area contributed by atoms with Gasteiger partial charge in [-0.1, -0.05) is 37.0 Å². The summed E-state index contributed by atoms with van der Waals surface area (Å²) in [5.74, 6) is 0.263. The second-order valence-electron chi connectivity index (χ2n) is 7.94. The van der Waals surface area contributed by atoms with Gasteiger partial charge in [0.25, 0.3) is 5.56 Å². The fraction of sp³-hybridized carbons (Fsp3) is 0.435. The van der Waals surface area contributed by atoms with Gasteiger partial charge in [-0.2, -0.15) is 0 Å². The molecule has 1 amide bonds. The molecule has 32 heavy (non-hydrogen) atoms. The average Bonchev–Trinajstić information content (AvgIpc) is 3.15. The highest BCUT2D eigenvalue weighted by atomic mass is 35.5. The van der Waals surface area contributed by atoms with E-state index < -0.39 is 0 Å². The van der Waals surface area contributed by atoms with Crippen molar-refractivity contribution in [3.05, 3.63) is 54.9 Å². The summed E-state index contributed by atoms with van der Waals surface area (Å²) in [6.45, 7) is 6.17. The largest absolute Gasteiger partial charge is 0.323 e. The van der Waals surface area contributed by atoms with Crippen LogP contribution in [0.25, 0.3) is 10.2 Å². The Kier molecular flexibility index (Phi) is 7.20. The highest BCUT2D eigenvalue weighted by Crippen LogP contribution is 2.34. The summed E-state index contributed by atoms with van der Waals surface area (Å²) in [6, 6.07) is 4.88. The van der Waals surface area contributed by atoms with E-state index in [1.165, 1.54) is 9.44 Å². The van der Waals surface area contributed by atoms with Crippen LogP contribution in [0.15, 0.2) is 23.0 Å². The fourth-order valence-electron chi connectivity index (χ4n) is 4.14. The standard InChI is InChI=1S/C23H26Cl2N4O2S/c1-3-28(4-2)12-19-27-22-21(15-7-5-6-8-18(15)32-22)23(31)29(19)13-20(30)26-17-11-14(24)9-10-16(17)25/h9-11H,3-8,12-13H2,1-2H3,(H,26,30). The summed E-state index contributed by atoms with van der Waals surface area (Å²) in [5, 5.41) is 4.33. The number of hydrogen-bond donors (Lipinski definition) is 1. The van der Waals surface area contributed by atoms with Gasteiger partial charge in [-0.3, -0.25) is 19.1 Å². The van der Waals surface area contributed by atoms with Crippen molar-refractivity contribution in [2.45, 2.75) is 52.6 Å². The van der Waals surface area contributed by atoms with Gasteiger partial charge in [0.1, 0.15) is 17.2 Å². The first-order valence-electron chi connectivity index (χ1n) is 10.9. The molecular weight excluding hydrogens is 467 g/mol. The van der Waals surface area contributed by atoms with Gasteiger partial charge in [0, 0.05) is 9.90 Å². The molecule has 0 radical (unpaired) electrons. The molecule has 4 rings (SSSR count). The number of hydrogen-bond acceptors (Lipinski definition) is 5. The van der Waals surface area contributed by atoms with Crippen molar-refractivity contribution in [3.8, 4) is 0 Å². The minimum Gasteiger partial charge on any atom is -0.323 e. The van der Waals surface area contributed by atoms with Gasteiger partial charge in [0.2, 0.25) is 5.91 Å². The Morgan fingerprint density at radius 2 is 1.97 bits per heavy atom. The topological polar surface area (TPSA) is 67.2 Å². The van der Waals surface area contributed by atoms with E-state index >= 15 is 0 Å². The van der Waals surface area contributed by atoms with Crippen molar-refractivity contribution in [2.75, 3.05) is 18.4 Å². The Balaban J connectivity index is 1.74. The number of amides is 1. The van der Waals surface area contributed by atoms with E-state index in [0.717, 1.165) is 49.2 Å². The van der Waals surface area contributed by atoms with Crippen LogP contribution < -0.4 is 10.9 Å². The van der Waals surface area contributed by atoms with E-state index in [1.54, 1.807) is 29.5 Å². The molecule has 0 saturated carbocycles. The molecule has 9 heteroatoms. The third-order valence-electron chi connectivity index (χ3n) is 5.92. The van der Waals surface area contributed by atoms with E-state index in [2.05, 4.69) is 24.1 Å². The lowest BCUT2D eigenvalue weighted by Crippen LogP contribution is -2.34. The minimum absolute atomic E-state index is 0.133. The summed E-state index contributed by atoms with van der Waals surface area (Å²) in [7, 11) is 0. The number of carbonyl (C=O) groups excluding carboxylic acids is 1. The molecule has 6 nitrogen and oxygen atoms in total. The lowest BCUT2D eigenvalue weighted by molar-refractivity contribution is -0.116. The monoisotopic (exact) mass is 492 g/mol. The molecule has 0 spiro atoms. The SMILES string of the molecule is CCN(CC)Cc1nc2sc3c(c2c(=O)n1CC(=O)Nc1cc(Cl)ccc1Cl)CCCC3. The zero-order valence-corrected chi connectivity index (χ0v) is 20.5. The zero-order valence-electron chi connectivity index (χ0n) is 18.2. The third kappa shape index (κ3) is 4.71. The van der Waals surface area contributed by atoms with Crippen molar-refractivity contribution in [1.82, 2.24) is 14.5 Å². The summed E-state index contributed by atoms with van der Waals surface area (Å²) in [6.07, 6.45) is 4.11. The molecule has 0 fully saturated rings. The Hall–Kier alpha value is -1.93. The molecule has 1 aliphatic rings. The number of nitrogens with one attached hydrogen (secondary N) is 1. The van der Waals surface area contributed by atoms with Crippen molar-refractivity contribution in [2.24, 2.45) is 0 Å². The Bertz CT molecular complexity index is 1220. The lowest BCUT2D eigenvalue weighted by Gasteiger charge is -2.20. The van der Waals surface area contributed by atoms with Crippen LogP contribution in [0.1, 0.15) is 43.0 Å². The first-order valence-corrected chi connectivity index (χ1v) is 12.5. The van der Waals surface area contributed by atoms with Gasteiger partial charge in [0.15, 0.2) is 0 Å². The molecule has 0 unspecified atom stereocenters. The van der Waals surface area contributed by atoms with Gasteiger partial charge in [-0.15, -0.1) is 11.3 Å². The molecular formula is C23H26Cl2N4O2S. The first kappa shape index (κ1) is 23.2. The number of thiophene rings is 1. The number of fused-ring (bicyclic) bond motifs is 3. The van der Waals surface area contributed by atoms with Gasteiger partial charge in [-0.05, 0) is 62.5 Å². The maximum Gasteiger partial charge on any atom is 0.263 e. The summed E-state index contributed by atoms with van der Waals surface area (Å²) < 4.78 is 1.52. The maximum atomic E-state index is 13.6. The molecule has 1 N–H and O–H groups in total. The minimum atomic E-state index is -0.345. The lowest BCUT2D eigenvalue weighted by atomic mass is 9.97. The van der Waals surface area contributed by atoms with Crippen LogP contribution >= 0.6 is 34.5 Å². The van der Waals surface area contributed by atoms with Crippen LogP contribution in [0.4, 0.5) is 5.69 Å². The highest BCUT2D eigenvalue weighted by molar-refractivity contribution is 7.18. The quantitative estimate of drug-likeness (QED) is 0.496. The first-order chi connectivity index (χ1) is 15.4. The average molecular weight is 493 g/mol. The van der Waals surface area contributed by atoms with E-state index in [9.17, 15) is 9.59 Å². The number of aryl methyl sites for hydroxylation is 2. The van der Waals surface area contributed by atoms with Crippen molar-refractivity contribution in [3.63, 3.8) is 0 Å². The van der Waals surface area contributed by atoms with Crippen LogP contribution in [0.2, 0.25) is 10.0 Å². The smallest absolute Gasteiger partial charge is 0.263 e. The summed E-state index contributed by atoms with van der Waals surface area (Å²) in [4.78, 5) is 35.7. The Labute approximate surface area is 201 Å². The van der Waals surface area contributed by atoms with Crippen LogP contribution in [-0.4, -0.2) is 33.4 Å². The van der Waals surface area contributed by atoms with E-state index in [-0.39, 0.29) is 18.0 Å². The van der Waals surface area contributed by atoms with Crippen molar-refractivity contribution < 1.29 is 4.79 Å². The molecule has 2 aromatic heterocycles. The normalized spacial score (nSPS) is 13.5. The molecule has 170 valence electrons. The fourth-order valence-corrected chi connectivity index (χ4v) is 5.75. The van der Waals surface area contributed by atoms with Crippen molar-refractivity contribution >= 4 is 56.3 Å². The summed E-state index contributed by atoms with van der Waals surface area (Å²) >= 11 is 13.9. The van der Waals surface area contributed by atoms with Crippen LogP contribution in [0, 0.1) is 0 Å². The number of nitrogens with zero attached hydrogens (tertiary/aromatic N) is 3. The summed E-state index contributed by atoms with van der Waals surface area (Å²) in [5.41, 5.74) is 1.41. The zero-order chi connectivity index (χ0) is 22.8. The highest BCUT2D eigenvalue weighted by Gasteiger charge is 2.23. The predicted molar refractivity (Wildman–Crippen MR) is 132 cm³/mol. The maximum absolute atomic E-state index is 13.6. The van der Waals surface area contributed by atoms with Crippen molar-refractivity contribution in [1.29, 1.82) is 0 Å². The van der Waals surface area contributed by atoms with Crippen LogP contribution in [0.5, 0.6) is 0 Å². The molecule has 0 bridgehead atoms. The molecule has 2 heterocycles. The predicted octanol–water partition coefficient (Wildman–Crippen LogP) is 5.12. The van der Waals surface area contributed by atoms with Gasteiger partial charge < -0.3 is 5.32 Å². The third-order valence-corrected chi connectivity index (χ3v) is 7.67. The number of anilines is 1. The number of aromatic nitrogens is 2. The van der Waals surface area contributed by atoms with Crippen LogP contribution in [0.3, 0.4) is 0 Å². The Morgan fingerprint density at radius 1 is 1.22 bits per heavy atom. The van der Waals surface area contributed by atoms with E-state index in [0.29, 0.717) is 33.5 Å². The number of carbonyl (C=O) groups is 1. The number of rotatable bonds is 7. The second kappa shape index (κ2) is 9.91. The second-order valence-corrected chi connectivity index (χ2v) is 9.87. The molecule has 1 aliphatic carbocycles. The number of halogens is 2. The molecule has 3 aromatic rings. The van der Waals surface area contributed by atoms with E-state index in [1.807, 2.05) is 0 Å². The van der Waals surface area contributed by atoms with Gasteiger partial charge >= 0.3 is 0 Å². The molecule has 0 aliphatic heterocycles.